The zero-order valence-electron chi connectivity index (χ0n) is 26.4. The summed E-state index contributed by atoms with van der Waals surface area (Å²) in [6.07, 6.45) is 12.5. The summed E-state index contributed by atoms with van der Waals surface area (Å²) in [6.45, 7) is 6.34. The lowest BCUT2D eigenvalue weighted by atomic mass is 9.97. The quantitative estimate of drug-likeness (QED) is 0.156. The standard InChI is InChI=1S/C42H36N4/c1-4-14-37(25-39(30(3)5-2)38-27-43-29-44-28-38)42-45-40(35-21-12-19-33(23-35)31-15-8-6-9-16-31)26-41(46-42)36-22-13-20-34(24-36)32-17-10-7-11-18-32/h4,6-29H,5H2,1-3H3. The fourth-order valence-electron chi connectivity index (χ4n) is 5.45. The second-order valence-electron chi connectivity index (χ2n) is 11.1. The van der Waals surface area contributed by atoms with E-state index in [1.165, 1.54) is 16.7 Å². The van der Waals surface area contributed by atoms with Crippen molar-refractivity contribution in [3.63, 3.8) is 0 Å². The van der Waals surface area contributed by atoms with Crippen LogP contribution in [0.25, 0.3) is 55.9 Å². The molecule has 2 heterocycles. The topological polar surface area (TPSA) is 51.6 Å². The van der Waals surface area contributed by atoms with Crippen LogP contribution in [0.2, 0.25) is 0 Å². The van der Waals surface area contributed by atoms with Gasteiger partial charge in [-0.15, -0.1) is 0 Å². The molecule has 6 rings (SSSR count). The van der Waals surface area contributed by atoms with Gasteiger partial charge in [0.15, 0.2) is 5.82 Å². The largest absolute Gasteiger partial charge is 0.244 e. The van der Waals surface area contributed by atoms with E-state index in [9.17, 15) is 0 Å². The number of allylic oxidation sites excluding steroid dienone is 6. The first-order valence-electron chi connectivity index (χ1n) is 15.6. The van der Waals surface area contributed by atoms with Crippen molar-refractivity contribution in [2.24, 2.45) is 0 Å². The van der Waals surface area contributed by atoms with Gasteiger partial charge in [0.1, 0.15) is 6.33 Å². The molecule has 4 nitrogen and oxygen atoms in total. The van der Waals surface area contributed by atoms with Gasteiger partial charge in [-0.2, -0.15) is 0 Å². The maximum atomic E-state index is 5.21. The van der Waals surface area contributed by atoms with Crippen molar-refractivity contribution in [1.82, 2.24) is 19.9 Å². The Bertz CT molecular complexity index is 1920. The van der Waals surface area contributed by atoms with Crippen molar-refractivity contribution in [3.8, 4) is 44.8 Å². The predicted molar refractivity (Wildman–Crippen MR) is 191 cm³/mol. The Morgan fingerprint density at radius 3 is 1.61 bits per heavy atom. The fraction of sp³-hybridized carbons (Fsp3) is 0.0952. The summed E-state index contributed by atoms with van der Waals surface area (Å²) >= 11 is 0. The summed E-state index contributed by atoms with van der Waals surface area (Å²) in [6, 6.07) is 40.1. The molecule has 4 heteroatoms. The summed E-state index contributed by atoms with van der Waals surface area (Å²) < 4.78 is 0. The molecule has 0 N–H and O–H groups in total. The van der Waals surface area contributed by atoms with E-state index < -0.39 is 0 Å². The third-order valence-electron chi connectivity index (χ3n) is 8.02. The Kier molecular flexibility index (Phi) is 9.46. The number of aromatic nitrogens is 4. The second kappa shape index (κ2) is 14.4. The fourth-order valence-corrected chi connectivity index (χ4v) is 5.45. The van der Waals surface area contributed by atoms with Crippen LogP contribution < -0.4 is 0 Å². The first-order chi connectivity index (χ1) is 22.6. The third kappa shape index (κ3) is 6.98. The molecule has 224 valence electrons. The van der Waals surface area contributed by atoms with Gasteiger partial charge in [-0.3, -0.25) is 0 Å². The number of hydrogen-bond donors (Lipinski definition) is 0. The lowest BCUT2D eigenvalue weighted by Crippen LogP contribution is -2.00. The van der Waals surface area contributed by atoms with Crippen LogP contribution in [0.1, 0.15) is 38.6 Å². The van der Waals surface area contributed by atoms with E-state index in [0.717, 1.165) is 56.8 Å². The normalized spacial score (nSPS) is 12.3. The number of nitrogens with zero attached hydrogens (tertiary/aromatic N) is 4. The summed E-state index contributed by atoms with van der Waals surface area (Å²) in [7, 11) is 0. The van der Waals surface area contributed by atoms with E-state index in [0.29, 0.717) is 5.82 Å². The van der Waals surface area contributed by atoms with E-state index in [1.54, 1.807) is 6.33 Å². The van der Waals surface area contributed by atoms with Crippen LogP contribution in [0.3, 0.4) is 0 Å². The van der Waals surface area contributed by atoms with Gasteiger partial charge in [0.2, 0.25) is 0 Å². The Hall–Kier alpha value is -5.74. The number of benzene rings is 4. The Labute approximate surface area is 271 Å². The van der Waals surface area contributed by atoms with Gasteiger partial charge in [-0.25, -0.2) is 19.9 Å². The summed E-state index contributed by atoms with van der Waals surface area (Å²) in [5.74, 6) is 0.652. The molecular formula is C42H36N4. The van der Waals surface area contributed by atoms with Crippen molar-refractivity contribution in [3.05, 3.63) is 169 Å². The molecule has 0 saturated carbocycles. The van der Waals surface area contributed by atoms with Crippen molar-refractivity contribution in [2.75, 3.05) is 0 Å². The van der Waals surface area contributed by atoms with Crippen molar-refractivity contribution in [1.29, 1.82) is 0 Å². The molecule has 4 aromatic carbocycles. The Morgan fingerprint density at radius 1 is 0.609 bits per heavy atom. The van der Waals surface area contributed by atoms with Gasteiger partial charge < -0.3 is 0 Å². The molecular weight excluding hydrogens is 560 g/mol. The highest BCUT2D eigenvalue weighted by molar-refractivity contribution is 5.88. The van der Waals surface area contributed by atoms with E-state index in [-0.39, 0.29) is 0 Å². The van der Waals surface area contributed by atoms with Crippen molar-refractivity contribution >= 4 is 11.1 Å². The summed E-state index contributed by atoms with van der Waals surface area (Å²) in [5.41, 5.74) is 12.6. The van der Waals surface area contributed by atoms with Gasteiger partial charge in [-0.1, -0.05) is 122 Å². The van der Waals surface area contributed by atoms with Crippen molar-refractivity contribution in [2.45, 2.75) is 27.2 Å². The highest BCUT2D eigenvalue weighted by Crippen LogP contribution is 2.32. The zero-order chi connectivity index (χ0) is 31.7. The molecule has 6 aromatic rings. The van der Waals surface area contributed by atoms with Gasteiger partial charge in [-0.05, 0) is 72.4 Å². The van der Waals surface area contributed by atoms with Gasteiger partial charge >= 0.3 is 0 Å². The Morgan fingerprint density at radius 2 is 1.11 bits per heavy atom. The molecule has 0 unspecified atom stereocenters. The first-order valence-corrected chi connectivity index (χ1v) is 15.6. The van der Waals surface area contributed by atoms with Crippen LogP contribution in [0.15, 0.2) is 158 Å². The van der Waals surface area contributed by atoms with Gasteiger partial charge in [0, 0.05) is 34.7 Å². The highest BCUT2D eigenvalue weighted by Gasteiger charge is 2.14. The van der Waals surface area contributed by atoms with E-state index in [4.69, 9.17) is 9.97 Å². The monoisotopic (exact) mass is 596 g/mol. The first kappa shape index (κ1) is 30.3. The average molecular weight is 597 g/mol. The second-order valence-corrected chi connectivity index (χ2v) is 11.1. The molecule has 0 spiro atoms. The SMILES string of the molecule is CC=CC(=CC(=C(C)CC)c1cncnc1)c1nc(-c2cccc(-c3ccccc3)c2)cc(-c2cccc(-c3ccccc3)c2)n1. The van der Waals surface area contributed by atoms with Gasteiger partial charge in [0.05, 0.1) is 11.4 Å². The molecule has 0 saturated heterocycles. The van der Waals surface area contributed by atoms with E-state index >= 15 is 0 Å². The molecule has 0 aliphatic heterocycles. The van der Waals surface area contributed by atoms with Crippen molar-refractivity contribution < 1.29 is 0 Å². The minimum Gasteiger partial charge on any atom is -0.244 e. The summed E-state index contributed by atoms with van der Waals surface area (Å²) in [5, 5.41) is 0. The van der Waals surface area contributed by atoms with E-state index in [2.05, 4.69) is 139 Å². The molecule has 0 bridgehead atoms. The maximum Gasteiger partial charge on any atom is 0.160 e. The highest BCUT2D eigenvalue weighted by atomic mass is 14.9. The lowest BCUT2D eigenvalue weighted by molar-refractivity contribution is 1.09. The van der Waals surface area contributed by atoms with Crippen LogP contribution in [0.5, 0.6) is 0 Å². The molecule has 2 aromatic heterocycles. The molecule has 0 fully saturated rings. The van der Waals surface area contributed by atoms with Gasteiger partial charge in [0.25, 0.3) is 0 Å². The number of hydrogen-bond acceptors (Lipinski definition) is 4. The molecule has 0 atom stereocenters. The molecule has 0 amide bonds. The minimum atomic E-state index is 0.652. The average Bonchev–Trinajstić information content (AvgIpc) is 3.14. The lowest BCUT2D eigenvalue weighted by Gasteiger charge is -2.13. The Balaban J connectivity index is 1.55. The maximum absolute atomic E-state index is 5.21. The van der Waals surface area contributed by atoms with E-state index in [1.807, 2.05) is 37.5 Å². The predicted octanol–water partition coefficient (Wildman–Crippen LogP) is 10.8. The molecule has 0 aliphatic carbocycles. The van der Waals surface area contributed by atoms with Crippen LogP contribution in [-0.2, 0) is 0 Å². The van der Waals surface area contributed by atoms with Crippen LogP contribution in [-0.4, -0.2) is 19.9 Å². The summed E-state index contributed by atoms with van der Waals surface area (Å²) in [4.78, 5) is 19.0. The minimum absolute atomic E-state index is 0.652. The molecule has 46 heavy (non-hydrogen) atoms. The van der Waals surface area contributed by atoms with Crippen LogP contribution in [0.4, 0.5) is 0 Å². The molecule has 0 radical (unpaired) electrons. The smallest absolute Gasteiger partial charge is 0.160 e. The van der Waals surface area contributed by atoms with Crippen LogP contribution >= 0.6 is 0 Å². The molecule has 0 aliphatic rings. The zero-order valence-corrected chi connectivity index (χ0v) is 26.4. The van der Waals surface area contributed by atoms with Crippen LogP contribution in [0, 0.1) is 0 Å². The third-order valence-corrected chi connectivity index (χ3v) is 8.02. The number of rotatable bonds is 9.